The molecule has 5 heteroatoms. The van der Waals surface area contributed by atoms with Gasteiger partial charge in [0.1, 0.15) is 5.75 Å². The number of nitrogens with one attached hydrogen (secondary N) is 2. The lowest BCUT2D eigenvalue weighted by molar-refractivity contribution is 0.0976. The summed E-state index contributed by atoms with van der Waals surface area (Å²) in [6.45, 7) is 4.45. The van der Waals surface area contributed by atoms with Crippen LogP contribution in [-0.4, -0.2) is 17.1 Å². The van der Waals surface area contributed by atoms with Crippen molar-refractivity contribution in [2.24, 2.45) is 0 Å². The van der Waals surface area contributed by atoms with Crippen LogP contribution in [0, 0.1) is 0 Å². The summed E-state index contributed by atoms with van der Waals surface area (Å²) in [5.41, 5.74) is 1.60. The van der Waals surface area contributed by atoms with Crippen LogP contribution < -0.4 is 15.4 Å². The van der Waals surface area contributed by atoms with Crippen LogP contribution in [-0.2, 0) is 6.54 Å². The third-order valence-corrected chi connectivity index (χ3v) is 3.24. The van der Waals surface area contributed by atoms with E-state index in [1.54, 1.807) is 18.2 Å². The summed E-state index contributed by atoms with van der Waals surface area (Å²) >= 11 is 5.16. The standard InChI is InChI=1S/C18H20N2O2S/c1-13(2)22-16-10-6-9-15(11-16)17(21)20-18(23)19-12-14-7-4-3-5-8-14/h3-11,13H,12H2,1-2H3,(H2,19,20,21,23). The van der Waals surface area contributed by atoms with Gasteiger partial charge in [0, 0.05) is 12.1 Å². The molecule has 120 valence electrons. The Morgan fingerprint density at radius 2 is 1.87 bits per heavy atom. The van der Waals surface area contributed by atoms with Gasteiger partial charge in [-0.05, 0) is 49.8 Å². The Morgan fingerprint density at radius 3 is 2.57 bits per heavy atom. The first kappa shape index (κ1) is 17.0. The molecule has 0 unspecified atom stereocenters. The lowest BCUT2D eigenvalue weighted by Gasteiger charge is -2.12. The maximum atomic E-state index is 12.2. The van der Waals surface area contributed by atoms with E-state index in [0.29, 0.717) is 23.0 Å². The highest BCUT2D eigenvalue weighted by Gasteiger charge is 2.09. The van der Waals surface area contributed by atoms with Gasteiger partial charge in [-0.25, -0.2) is 0 Å². The number of benzene rings is 2. The molecule has 0 atom stereocenters. The molecule has 23 heavy (non-hydrogen) atoms. The molecule has 0 saturated heterocycles. The van der Waals surface area contributed by atoms with E-state index in [9.17, 15) is 4.79 Å². The van der Waals surface area contributed by atoms with Crippen molar-refractivity contribution < 1.29 is 9.53 Å². The average Bonchev–Trinajstić information content (AvgIpc) is 2.53. The second-order valence-corrected chi connectivity index (χ2v) is 5.73. The summed E-state index contributed by atoms with van der Waals surface area (Å²) in [4.78, 5) is 12.2. The Bertz CT molecular complexity index is 672. The van der Waals surface area contributed by atoms with Gasteiger partial charge in [-0.1, -0.05) is 36.4 Å². The summed E-state index contributed by atoms with van der Waals surface area (Å²) in [6.07, 6.45) is 0.0573. The van der Waals surface area contributed by atoms with Gasteiger partial charge in [-0.3, -0.25) is 10.1 Å². The summed E-state index contributed by atoms with van der Waals surface area (Å²) in [6, 6.07) is 16.9. The van der Waals surface area contributed by atoms with Crippen molar-refractivity contribution in [1.29, 1.82) is 0 Å². The van der Waals surface area contributed by atoms with Crippen LogP contribution in [0.25, 0.3) is 0 Å². The van der Waals surface area contributed by atoms with Crippen molar-refractivity contribution in [3.8, 4) is 5.75 Å². The van der Waals surface area contributed by atoms with E-state index < -0.39 is 0 Å². The van der Waals surface area contributed by atoms with Crippen molar-refractivity contribution >= 4 is 23.2 Å². The summed E-state index contributed by atoms with van der Waals surface area (Å²) in [5.74, 6) is 0.403. The number of thiocarbonyl (C=S) groups is 1. The Balaban J connectivity index is 1.89. The van der Waals surface area contributed by atoms with E-state index in [1.165, 1.54) is 0 Å². The van der Waals surface area contributed by atoms with Gasteiger partial charge >= 0.3 is 0 Å². The van der Waals surface area contributed by atoms with Gasteiger partial charge in [-0.2, -0.15) is 0 Å². The molecular formula is C18H20N2O2S. The van der Waals surface area contributed by atoms with Crippen LogP contribution >= 0.6 is 12.2 Å². The molecule has 0 radical (unpaired) electrons. The Kier molecular flexibility index (Phi) is 6.11. The van der Waals surface area contributed by atoms with E-state index in [0.717, 1.165) is 5.56 Å². The van der Waals surface area contributed by atoms with Crippen molar-refractivity contribution in [3.63, 3.8) is 0 Å². The van der Waals surface area contributed by atoms with Crippen LogP contribution in [0.15, 0.2) is 54.6 Å². The minimum absolute atomic E-state index is 0.0573. The number of amides is 1. The topological polar surface area (TPSA) is 50.4 Å². The highest BCUT2D eigenvalue weighted by Crippen LogP contribution is 2.14. The number of hydrogen-bond acceptors (Lipinski definition) is 3. The molecule has 1 amide bonds. The van der Waals surface area contributed by atoms with Gasteiger partial charge in [0.15, 0.2) is 5.11 Å². The van der Waals surface area contributed by atoms with E-state index in [4.69, 9.17) is 17.0 Å². The fraction of sp³-hybridized carbons (Fsp3) is 0.222. The highest BCUT2D eigenvalue weighted by atomic mass is 32.1. The van der Waals surface area contributed by atoms with Crippen molar-refractivity contribution in [2.45, 2.75) is 26.5 Å². The molecule has 0 aromatic heterocycles. The van der Waals surface area contributed by atoms with Gasteiger partial charge in [0.05, 0.1) is 6.10 Å². The van der Waals surface area contributed by atoms with Crippen LogP contribution in [0.3, 0.4) is 0 Å². The number of hydrogen-bond donors (Lipinski definition) is 2. The Morgan fingerprint density at radius 1 is 1.13 bits per heavy atom. The molecule has 0 aliphatic rings. The number of carbonyl (C=O) groups is 1. The second-order valence-electron chi connectivity index (χ2n) is 5.32. The smallest absolute Gasteiger partial charge is 0.257 e. The molecule has 2 rings (SSSR count). The molecule has 2 N–H and O–H groups in total. The summed E-state index contributed by atoms with van der Waals surface area (Å²) in [7, 11) is 0. The Labute approximate surface area is 141 Å². The van der Waals surface area contributed by atoms with Crippen molar-refractivity contribution in [2.75, 3.05) is 0 Å². The zero-order chi connectivity index (χ0) is 16.7. The molecule has 0 fully saturated rings. The maximum absolute atomic E-state index is 12.2. The fourth-order valence-electron chi connectivity index (χ4n) is 1.98. The molecule has 0 aliphatic carbocycles. The summed E-state index contributed by atoms with van der Waals surface area (Å²) in [5, 5.41) is 5.99. The first-order chi connectivity index (χ1) is 11.0. The van der Waals surface area contributed by atoms with Crippen molar-refractivity contribution in [1.82, 2.24) is 10.6 Å². The van der Waals surface area contributed by atoms with Crippen LogP contribution in [0.5, 0.6) is 5.75 Å². The van der Waals surface area contributed by atoms with Crippen LogP contribution in [0.1, 0.15) is 29.8 Å². The predicted molar refractivity (Wildman–Crippen MR) is 95.6 cm³/mol. The zero-order valence-corrected chi connectivity index (χ0v) is 14.0. The molecule has 0 heterocycles. The number of carbonyl (C=O) groups excluding carboxylic acids is 1. The predicted octanol–water partition coefficient (Wildman–Crippen LogP) is 3.28. The maximum Gasteiger partial charge on any atom is 0.257 e. The molecule has 0 saturated carbocycles. The van der Waals surface area contributed by atoms with Gasteiger partial charge in [-0.15, -0.1) is 0 Å². The zero-order valence-electron chi connectivity index (χ0n) is 13.2. The van der Waals surface area contributed by atoms with E-state index in [1.807, 2.05) is 50.2 Å². The molecule has 2 aromatic rings. The minimum atomic E-state index is -0.259. The quantitative estimate of drug-likeness (QED) is 0.827. The van der Waals surface area contributed by atoms with Crippen molar-refractivity contribution in [3.05, 3.63) is 65.7 Å². The largest absolute Gasteiger partial charge is 0.491 e. The van der Waals surface area contributed by atoms with Gasteiger partial charge in [0.25, 0.3) is 5.91 Å². The molecule has 0 spiro atoms. The summed E-state index contributed by atoms with van der Waals surface area (Å²) < 4.78 is 5.59. The SMILES string of the molecule is CC(C)Oc1cccc(C(=O)NC(=S)NCc2ccccc2)c1. The number of rotatable bonds is 5. The molecule has 0 aliphatic heterocycles. The first-order valence-corrected chi connectivity index (χ1v) is 7.85. The molecule has 0 bridgehead atoms. The lowest BCUT2D eigenvalue weighted by atomic mass is 10.2. The third kappa shape index (κ3) is 5.71. The van der Waals surface area contributed by atoms with Gasteiger partial charge in [0.2, 0.25) is 0 Å². The Hall–Kier alpha value is -2.40. The van der Waals surface area contributed by atoms with E-state index in [2.05, 4.69) is 10.6 Å². The number of ether oxygens (including phenoxy) is 1. The average molecular weight is 328 g/mol. The normalized spacial score (nSPS) is 10.2. The lowest BCUT2D eigenvalue weighted by Crippen LogP contribution is -2.38. The van der Waals surface area contributed by atoms with Gasteiger partial charge < -0.3 is 10.1 Å². The van der Waals surface area contributed by atoms with Crippen LogP contribution in [0.4, 0.5) is 0 Å². The molecular weight excluding hydrogens is 308 g/mol. The monoisotopic (exact) mass is 328 g/mol. The minimum Gasteiger partial charge on any atom is -0.491 e. The highest BCUT2D eigenvalue weighted by molar-refractivity contribution is 7.80. The third-order valence-electron chi connectivity index (χ3n) is 2.99. The fourth-order valence-corrected chi connectivity index (χ4v) is 2.15. The molecule has 4 nitrogen and oxygen atoms in total. The van der Waals surface area contributed by atoms with E-state index >= 15 is 0 Å². The second kappa shape index (κ2) is 8.29. The van der Waals surface area contributed by atoms with Crippen LogP contribution in [0.2, 0.25) is 0 Å². The van der Waals surface area contributed by atoms with E-state index in [-0.39, 0.29) is 12.0 Å². The first-order valence-electron chi connectivity index (χ1n) is 7.44. The molecule has 2 aromatic carbocycles.